The van der Waals surface area contributed by atoms with Crippen molar-refractivity contribution in [2.45, 2.75) is 17.9 Å². The number of morpholine rings is 1. The molecule has 0 aromatic heterocycles. The molecule has 6 heteroatoms. The van der Waals surface area contributed by atoms with Crippen molar-refractivity contribution < 1.29 is 9.53 Å². The van der Waals surface area contributed by atoms with E-state index >= 15 is 0 Å². The van der Waals surface area contributed by atoms with Gasteiger partial charge in [-0.25, -0.2) is 0 Å². The molecular formula is C13H17ClN2O2S. The Labute approximate surface area is 122 Å². The monoisotopic (exact) mass is 300 g/mol. The molecule has 0 saturated carbocycles. The van der Waals surface area contributed by atoms with Crippen LogP contribution in [0.4, 0.5) is 5.69 Å². The number of hydrogen-bond donors (Lipinski definition) is 1. The summed E-state index contributed by atoms with van der Waals surface area (Å²) in [5.41, 5.74) is 6.20. The molecule has 19 heavy (non-hydrogen) atoms. The summed E-state index contributed by atoms with van der Waals surface area (Å²) in [6, 6.07) is 5.42. The van der Waals surface area contributed by atoms with Crippen molar-refractivity contribution in [1.82, 2.24) is 4.90 Å². The zero-order chi connectivity index (χ0) is 13.8. The second-order valence-corrected chi connectivity index (χ2v) is 5.95. The summed E-state index contributed by atoms with van der Waals surface area (Å²) in [6.45, 7) is 3.94. The highest BCUT2D eigenvalue weighted by Crippen LogP contribution is 2.26. The fraction of sp³-hybridized carbons (Fsp3) is 0.462. The van der Waals surface area contributed by atoms with Crippen molar-refractivity contribution >= 4 is 35.0 Å². The van der Waals surface area contributed by atoms with Gasteiger partial charge in [-0.3, -0.25) is 4.79 Å². The first-order valence-electron chi connectivity index (χ1n) is 6.13. The number of nitrogen functional groups attached to an aromatic ring is 1. The van der Waals surface area contributed by atoms with Gasteiger partial charge in [0.15, 0.2) is 0 Å². The summed E-state index contributed by atoms with van der Waals surface area (Å²) in [5.74, 6) is 0.542. The van der Waals surface area contributed by atoms with E-state index in [1.165, 1.54) is 11.8 Å². The second-order valence-electron chi connectivity index (χ2n) is 4.49. The van der Waals surface area contributed by atoms with Crippen LogP contribution in [-0.4, -0.2) is 42.4 Å². The average Bonchev–Trinajstić information content (AvgIpc) is 2.40. The molecular weight excluding hydrogens is 284 g/mol. The first-order valence-corrected chi connectivity index (χ1v) is 7.50. The number of thioether (sulfide) groups is 1. The zero-order valence-electron chi connectivity index (χ0n) is 10.8. The SMILES string of the molecule is CC1CN(C(=O)CSc2ccc(N)c(Cl)c2)CCO1. The Morgan fingerprint density at radius 2 is 2.42 bits per heavy atom. The van der Waals surface area contributed by atoms with Crippen molar-refractivity contribution in [3.8, 4) is 0 Å². The number of nitrogens with zero attached hydrogens (tertiary/aromatic N) is 1. The minimum Gasteiger partial charge on any atom is -0.398 e. The van der Waals surface area contributed by atoms with Crippen LogP contribution in [0, 0.1) is 0 Å². The minimum absolute atomic E-state index is 0.119. The first-order chi connectivity index (χ1) is 9.06. The van der Waals surface area contributed by atoms with Crippen LogP contribution in [-0.2, 0) is 9.53 Å². The molecule has 1 amide bonds. The molecule has 2 N–H and O–H groups in total. The van der Waals surface area contributed by atoms with Crippen LogP contribution in [0.5, 0.6) is 0 Å². The largest absolute Gasteiger partial charge is 0.398 e. The number of carbonyl (C=O) groups is 1. The Balaban J connectivity index is 1.87. The van der Waals surface area contributed by atoms with E-state index < -0.39 is 0 Å². The van der Waals surface area contributed by atoms with Crippen molar-refractivity contribution in [1.29, 1.82) is 0 Å². The second kappa shape index (κ2) is 6.50. The zero-order valence-corrected chi connectivity index (χ0v) is 12.3. The van der Waals surface area contributed by atoms with E-state index in [4.69, 9.17) is 22.1 Å². The van der Waals surface area contributed by atoms with Gasteiger partial charge in [-0.2, -0.15) is 0 Å². The molecule has 2 rings (SSSR count). The first kappa shape index (κ1) is 14.5. The molecule has 104 valence electrons. The normalized spacial score (nSPS) is 19.5. The number of benzene rings is 1. The predicted octanol–water partition coefficient (Wildman–Crippen LogP) is 2.26. The van der Waals surface area contributed by atoms with Crippen LogP contribution >= 0.6 is 23.4 Å². The Kier molecular flexibility index (Phi) is 4.96. The van der Waals surface area contributed by atoms with E-state index in [0.717, 1.165) is 4.90 Å². The standard InChI is InChI=1S/C13H17ClN2O2S/c1-9-7-16(4-5-18-9)13(17)8-19-10-2-3-12(15)11(14)6-10/h2-3,6,9H,4-5,7-8,15H2,1H3. The third-order valence-corrected chi connectivity index (χ3v) is 4.23. The van der Waals surface area contributed by atoms with E-state index in [1.54, 1.807) is 12.1 Å². The number of ether oxygens (including phenoxy) is 1. The molecule has 1 heterocycles. The number of halogens is 1. The molecule has 0 aliphatic carbocycles. The molecule has 0 spiro atoms. The van der Waals surface area contributed by atoms with Gasteiger partial charge >= 0.3 is 0 Å². The molecule has 0 radical (unpaired) electrons. The number of anilines is 1. The lowest BCUT2D eigenvalue weighted by atomic mass is 10.3. The predicted molar refractivity (Wildman–Crippen MR) is 78.6 cm³/mol. The summed E-state index contributed by atoms with van der Waals surface area (Å²) in [4.78, 5) is 14.9. The van der Waals surface area contributed by atoms with E-state index in [0.29, 0.717) is 36.2 Å². The quantitative estimate of drug-likeness (QED) is 0.687. The van der Waals surface area contributed by atoms with E-state index in [-0.39, 0.29) is 12.0 Å². The third-order valence-electron chi connectivity index (χ3n) is 2.93. The molecule has 0 bridgehead atoms. The van der Waals surface area contributed by atoms with E-state index in [2.05, 4.69) is 0 Å². The van der Waals surface area contributed by atoms with Gasteiger partial charge in [0.05, 0.1) is 29.2 Å². The van der Waals surface area contributed by atoms with Crippen molar-refractivity contribution in [2.24, 2.45) is 0 Å². The van der Waals surface area contributed by atoms with Crippen molar-refractivity contribution in [3.63, 3.8) is 0 Å². The summed E-state index contributed by atoms with van der Waals surface area (Å²) in [6.07, 6.45) is 0.119. The lowest BCUT2D eigenvalue weighted by molar-refractivity contribution is -0.135. The topological polar surface area (TPSA) is 55.6 Å². The molecule has 4 nitrogen and oxygen atoms in total. The fourth-order valence-electron chi connectivity index (χ4n) is 1.88. The number of rotatable bonds is 3. The Bertz CT molecular complexity index is 470. The van der Waals surface area contributed by atoms with Crippen LogP contribution in [0.25, 0.3) is 0 Å². The molecule has 1 fully saturated rings. The van der Waals surface area contributed by atoms with Crippen LogP contribution in [0.2, 0.25) is 5.02 Å². The molecule has 1 aliphatic rings. The van der Waals surface area contributed by atoms with Gasteiger partial charge in [0, 0.05) is 18.0 Å². The highest BCUT2D eigenvalue weighted by Gasteiger charge is 2.21. The maximum absolute atomic E-state index is 12.1. The number of amides is 1. The van der Waals surface area contributed by atoms with Crippen LogP contribution in [0.3, 0.4) is 0 Å². The Morgan fingerprint density at radius 3 is 3.11 bits per heavy atom. The van der Waals surface area contributed by atoms with E-state index in [1.807, 2.05) is 17.9 Å². The molecule has 1 aromatic rings. The lowest BCUT2D eigenvalue weighted by Gasteiger charge is -2.31. The van der Waals surface area contributed by atoms with Gasteiger partial charge in [0.25, 0.3) is 0 Å². The van der Waals surface area contributed by atoms with Gasteiger partial charge < -0.3 is 15.4 Å². The average molecular weight is 301 g/mol. The van der Waals surface area contributed by atoms with Gasteiger partial charge in [0.1, 0.15) is 0 Å². The Hall–Kier alpha value is -0.910. The number of hydrogen-bond acceptors (Lipinski definition) is 4. The number of nitrogens with two attached hydrogens (primary N) is 1. The van der Waals surface area contributed by atoms with Gasteiger partial charge in [-0.15, -0.1) is 11.8 Å². The maximum Gasteiger partial charge on any atom is 0.233 e. The van der Waals surface area contributed by atoms with Gasteiger partial charge in [-0.1, -0.05) is 11.6 Å². The molecule has 1 aliphatic heterocycles. The summed E-state index contributed by atoms with van der Waals surface area (Å²) >= 11 is 7.42. The summed E-state index contributed by atoms with van der Waals surface area (Å²) < 4.78 is 5.42. The van der Waals surface area contributed by atoms with E-state index in [9.17, 15) is 4.79 Å². The highest BCUT2D eigenvalue weighted by molar-refractivity contribution is 8.00. The number of carbonyl (C=O) groups excluding carboxylic acids is 1. The van der Waals surface area contributed by atoms with Crippen LogP contribution < -0.4 is 5.73 Å². The van der Waals surface area contributed by atoms with Crippen LogP contribution in [0.15, 0.2) is 23.1 Å². The Morgan fingerprint density at radius 1 is 1.63 bits per heavy atom. The molecule has 1 unspecified atom stereocenters. The van der Waals surface area contributed by atoms with Crippen molar-refractivity contribution in [2.75, 3.05) is 31.2 Å². The van der Waals surface area contributed by atoms with Crippen molar-refractivity contribution in [3.05, 3.63) is 23.2 Å². The third kappa shape index (κ3) is 4.03. The molecule has 1 saturated heterocycles. The molecule has 1 atom stereocenters. The lowest BCUT2D eigenvalue weighted by Crippen LogP contribution is -2.45. The minimum atomic E-state index is 0.119. The van der Waals surface area contributed by atoms with Crippen LogP contribution in [0.1, 0.15) is 6.92 Å². The maximum atomic E-state index is 12.1. The smallest absolute Gasteiger partial charge is 0.233 e. The molecule has 1 aromatic carbocycles. The summed E-state index contributed by atoms with van der Waals surface area (Å²) in [7, 11) is 0. The van der Waals surface area contributed by atoms with Gasteiger partial charge in [0.2, 0.25) is 5.91 Å². The fourth-order valence-corrected chi connectivity index (χ4v) is 2.96. The van der Waals surface area contributed by atoms with Gasteiger partial charge in [-0.05, 0) is 25.1 Å². The summed E-state index contributed by atoms with van der Waals surface area (Å²) in [5, 5.41) is 0.525. The highest BCUT2D eigenvalue weighted by atomic mass is 35.5.